The maximum Gasteiger partial charge on any atom is 0.227 e. The van der Waals surface area contributed by atoms with Gasteiger partial charge in [0.15, 0.2) is 27.2 Å². The first-order chi connectivity index (χ1) is 16.0. The van der Waals surface area contributed by atoms with E-state index in [0.717, 1.165) is 22.4 Å². The summed E-state index contributed by atoms with van der Waals surface area (Å²) in [5, 5.41) is 12.4. The molecule has 0 aliphatic heterocycles. The van der Waals surface area contributed by atoms with Gasteiger partial charge in [-0.1, -0.05) is 29.8 Å². The highest BCUT2D eigenvalue weighted by Crippen LogP contribution is 2.33. The number of anilines is 1. The molecule has 2 aromatic heterocycles. The van der Waals surface area contributed by atoms with Crippen molar-refractivity contribution in [2.45, 2.75) is 19.9 Å². The van der Waals surface area contributed by atoms with Crippen LogP contribution in [-0.2, 0) is 11.3 Å². The Bertz CT molecular complexity index is 1320. The fourth-order valence-corrected chi connectivity index (χ4v) is 4.26. The van der Waals surface area contributed by atoms with Gasteiger partial charge in [0.1, 0.15) is 0 Å². The Morgan fingerprint density at radius 2 is 1.85 bits per heavy atom. The quantitative estimate of drug-likeness (QED) is 0.341. The number of nitrogens with one attached hydrogen (secondary N) is 2. The lowest BCUT2D eigenvalue weighted by atomic mass is 10.1. The predicted octanol–water partition coefficient (Wildman–Crippen LogP) is 5.09. The number of carbonyl (C=O) groups is 1. The minimum absolute atomic E-state index is 0.152. The number of benzene rings is 2. The second-order valence-electron chi connectivity index (χ2n) is 7.28. The van der Waals surface area contributed by atoms with E-state index in [1.165, 1.54) is 11.3 Å². The van der Waals surface area contributed by atoms with E-state index in [-0.39, 0.29) is 12.3 Å². The number of thiazole rings is 1. The molecule has 0 aliphatic carbocycles. The Labute approximate surface area is 200 Å². The molecule has 2 N–H and O–H groups in total. The molecule has 0 radical (unpaired) electrons. The van der Waals surface area contributed by atoms with E-state index in [1.807, 2.05) is 59.3 Å². The highest BCUT2D eigenvalue weighted by atomic mass is 32.1. The molecule has 170 valence electrons. The number of nitrogens with zero attached hydrogens (tertiary/aromatic N) is 3. The minimum atomic E-state index is -0.152. The van der Waals surface area contributed by atoms with E-state index >= 15 is 0 Å². The van der Waals surface area contributed by atoms with Crippen molar-refractivity contribution in [2.24, 2.45) is 0 Å². The zero-order valence-corrected chi connectivity index (χ0v) is 20.0. The topological polar surface area (TPSA) is 94.1 Å². The summed E-state index contributed by atoms with van der Waals surface area (Å²) < 4.78 is 12.9. The number of H-pyrrole nitrogens is 1. The number of aryl methyl sites for hydroxylation is 1. The number of carbonyl (C=O) groups excluding carboxylic acids is 1. The number of ether oxygens (including phenoxy) is 2. The summed E-state index contributed by atoms with van der Waals surface area (Å²) in [6.07, 6.45) is 0.234. The van der Waals surface area contributed by atoms with Gasteiger partial charge in [-0.15, -0.1) is 11.3 Å². The zero-order chi connectivity index (χ0) is 23.4. The third-order valence-corrected chi connectivity index (χ3v) is 6.13. The van der Waals surface area contributed by atoms with Gasteiger partial charge >= 0.3 is 0 Å². The third kappa shape index (κ3) is 5.12. The van der Waals surface area contributed by atoms with E-state index in [4.69, 9.17) is 21.7 Å². The number of aromatic amines is 1. The molecule has 1 amide bonds. The van der Waals surface area contributed by atoms with Gasteiger partial charge in [-0.05, 0) is 37.3 Å². The molecule has 0 saturated carbocycles. The van der Waals surface area contributed by atoms with Gasteiger partial charge < -0.3 is 14.8 Å². The SMILES string of the molecule is COc1ccc(-c2csc(NC(=O)CCn3c(-c4ccc(C)cc4)n[nH]c3=S)n2)cc1OC. The first kappa shape index (κ1) is 22.7. The van der Waals surface area contributed by atoms with Crippen molar-refractivity contribution in [3.05, 3.63) is 58.2 Å². The van der Waals surface area contributed by atoms with Crippen LogP contribution in [0.1, 0.15) is 12.0 Å². The van der Waals surface area contributed by atoms with Gasteiger partial charge in [0.2, 0.25) is 5.91 Å². The molecule has 2 aromatic carbocycles. The second-order valence-corrected chi connectivity index (χ2v) is 8.52. The van der Waals surface area contributed by atoms with E-state index in [2.05, 4.69) is 20.5 Å². The van der Waals surface area contributed by atoms with Crippen molar-refractivity contribution in [3.8, 4) is 34.1 Å². The van der Waals surface area contributed by atoms with E-state index in [0.29, 0.717) is 33.8 Å². The lowest BCUT2D eigenvalue weighted by molar-refractivity contribution is -0.116. The molecule has 0 unspecified atom stereocenters. The van der Waals surface area contributed by atoms with Crippen LogP contribution in [-0.4, -0.2) is 39.9 Å². The third-order valence-electron chi connectivity index (χ3n) is 5.06. The monoisotopic (exact) mass is 481 g/mol. The number of amides is 1. The molecule has 33 heavy (non-hydrogen) atoms. The van der Waals surface area contributed by atoms with Gasteiger partial charge in [-0.25, -0.2) is 4.98 Å². The first-order valence-electron chi connectivity index (χ1n) is 10.2. The Balaban J connectivity index is 1.42. The van der Waals surface area contributed by atoms with Crippen molar-refractivity contribution < 1.29 is 14.3 Å². The van der Waals surface area contributed by atoms with Crippen LogP contribution < -0.4 is 14.8 Å². The van der Waals surface area contributed by atoms with Crippen molar-refractivity contribution in [1.82, 2.24) is 19.7 Å². The maximum atomic E-state index is 12.6. The van der Waals surface area contributed by atoms with Crippen LogP contribution in [0.3, 0.4) is 0 Å². The summed E-state index contributed by atoms with van der Waals surface area (Å²) in [7, 11) is 3.18. The van der Waals surface area contributed by atoms with Crippen LogP contribution in [0.2, 0.25) is 0 Å². The van der Waals surface area contributed by atoms with Crippen LogP contribution in [0, 0.1) is 11.7 Å². The molecule has 0 spiro atoms. The predicted molar refractivity (Wildman–Crippen MR) is 131 cm³/mol. The summed E-state index contributed by atoms with van der Waals surface area (Å²) in [6.45, 7) is 2.43. The summed E-state index contributed by atoms with van der Waals surface area (Å²) in [5.41, 5.74) is 3.72. The first-order valence-corrected chi connectivity index (χ1v) is 11.5. The van der Waals surface area contributed by atoms with Gasteiger partial charge in [0, 0.05) is 29.5 Å². The molecule has 4 rings (SSSR count). The number of hydrogen-bond donors (Lipinski definition) is 2. The zero-order valence-electron chi connectivity index (χ0n) is 18.4. The number of aromatic nitrogens is 4. The minimum Gasteiger partial charge on any atom is -0.493 e. The smallest absolute Gasteiger partial charge is 0.227 e. The molecular weight excluding hydrogens is 458 g/mol. The van der Waals surface area contributed by atoms with Gasteiger partial charge in [-0.2, -0.15) is 5.10 Å². The molecule has 0 aliphatic rings. The van der Waals surface area contributed by atoms with Crippen LogP contribution in [0.5, 0.6) is 11.5 Å². The molecule has 0 atom stereocenters. The summed E-state index contributed by atoms with van der Waals surface area (Å²) in [5.74, 6) is 1.82. The van der Waals surface area contributed by atoms with Crippen LogP contribution in [0.15, 0.2) is 47.8 Å². The average molecular weight is 482 g/mol. The molecule has 4 aromatic rings. The summed E-state index contributed by atoms with van der Waals surface area (Å²) >= 11 is 6.72. The van der Waals surface area contributed by atoms with E-state index in [9.17, 15) is 4.79 Å². The largest absolute Gasteiger partial charge is 0.493 e. The molecule has 10 heteroatoms. The number of methoxy groups -OCH3 is 2. The Morgan fingerprint density at radius 1 is 1.12 bits per heavy atom. The average Bonchev–Trinajstić information content (AvgIpc) is 3.44. The Kier molecular flexibility index (Phi) is 6.85. The fourth-order valence-electron chi connectivity index (χ4n) is 3.30. The van der Waals surface area contributed by atoms with Gasteiger partial charge in [0.25, 0.3) is 0 Å². The van der Waals surface area contributed by atoms with Crippen molar-refractivity contribution in [1.29, 1.82) is 0 Å². The normalized spacial score (nSPS) is 10.8. The Morgan fingerprint density at radius 3 is 2.58 bits per heavy atom. The van der Waals surface area contributed by atoms with Crippen molar-refractivity contribution in [2.75, 3.05) is 19.5 Å². The summed E-state index contributed by atoms with van der Waals surface area (Å²) in [4.78, 5) is 17.1. The maximum absolute atomic E-state index is 12.6. The molecular formula is C23H23N5O3S2. The van der Waals surface area contributed by atoms with Gasteiger partial charge in [-0.3, -0.25) is 14.5 Å². The highest BCUT2D eigenvalue weighted by Gasteiger charge is 2.13. The second kappa shape index (κ2) is 9.97. The summed E-state index contributed by atoms with van der Waals surface area (Å²) in [6, 6.07) is 13.6. The molecule has 2 heterocycles. The fraction of sp³-hybridized carbons (Fsp3) is 0.217. The standard InChI is InChI=1S/C23H23N5O3S2/c1-14-4-6-15(7-5-14)21-26-27-23(32)28(21)11-10-20(29)25-22-24-17(13-33-22)16-8-9-18(30-2)19(12-16)31-3/h4-9,12-13H,10-11H2,1-3H3,(H,27,32)(H,24,25,29). The van der Waals surface area contributed by atoms with Crippen LogP contribution >= 0.6 is 23.6 Å². The van der Waals surface area contributed by atoms with Crippen molar-refractivity contribution >= 4 is 34.6 Å². The van der Waals surface area contributed by atoms with E-state index in [1.54, 1.807) is 14.2 Å². The lowest BCUT2D eigenvalue weighted by Crippen LogP contribution is -2.15. The molecule has 8 nitrogen and oxygen atoms in total. The highest BCUT2D eigenvalue weighted by molar-refractivity contribution is 7.71. The van der Waals surface area contributed by atoms with Crippen molar-refractivity contribution in [3.63, 3.8) is 0 Å². The van der Waals surface area contributed by atoms with Gasteiger partial charge in [0.05, 0.1) is 19.9 Å². The Hall–Kier alpha value is -3.50. The van der Waals surface area contributed by atoms with Crippen LogP contribution in [0.25, 0.3) is 22.6 Å². The van der Waals surface area contributed by atoms with E-state index < -0.39 is 0 Å². The number of rotatable bonds is 8. The molecule has 0 saturated heterocycles. The molecule has 0 bridgehead atoms. The lowest BCUT2D eigenvalue weighted by Gasteiger charge is -2.08. The molecule has 0 fully saturated rings. The van der Waals surface area contributed by atoms with Crippen LogP contribution in [0.4, 0.5) is 5.13 Å². The number of hydrogen-bond acceptors (Lipinski definition) is 7.